The number of sulfonamides is 1. The molecule has 0 aliphatic rings. The molecule has 0 aliphatic heterocycles. The molecule has 4 nitrogen and oxygen atoms in total. The average molecular weight is 384 g/mol. The maximum Gasteiger partial charge on any atom is 0.418 e. The van der Waals surface area contributed by atoms with Crippen molar-refractivity contribution in [3.05, 3.63) is 52.8 Å². The summed E-state index contributed by atoms with van der Waals surface area (Å²) in [5.41, 5.74) is -1.94. The summed E-state index contributed by atoms with van der Waals surface area (Å²) >= 11 is 5.53. The predicted molar refractivity (Wildman–Crippen MR) is 80.2 cm³/mol. The second-order valence-electron chi connectivity index (χ2n) is 4.59. The second-order valence-corrected chi connectivity index (χ2v) is 6.71. The molecule has 0 bridgehead atoms. The van der Waals surface area contributed by atoms with Gasteiger partial charge in [0.1, 0.15) is 0 Å². The van der Waals surface area contributed by atoms with Crippen molar-refractivity contribution in [3.8, 4) is 5.75 Å². The molecule has 1 N–H and O–H groups in total. The molecular formula is C14H10ClF4NO3S. The number of methoxy groups -OCH3 is 1. The number of ether oxygens (including phenoxy) is 1. The lowest BCUT2D eigenvalue weighted by molar-refractivity contribution is -0.136. The molecule has 0 unspecified atom stereocenters. The first-order valence-corrected chi connectivity index (χ1v) is 8.14. The Bertz CT molecular complexity index is 869. The lowest BCUT2D eigenvalue weighted by atomic mass is 10.2. The number of benzene rings is 2. The number of rotatable bonds is 4. The summed E-state index contributed by atoms with van der Waals surface area (Å²) < 4.78 is 83.4. The standard InChI is InChI=1S/C14H10ClF4NO3S/c1-23-13-7-9(3-4-11(13)16)24(21,22)20-12-5-2-8(15)6-10(12)14(17,18)19/h2-7,20H,1H3. The highest BCUT2D eigenvalue weighted by Gasteiger charge is 2.35. The number of halogens is 5. The van der Waals surface area contributed by atoms with Crippen LogP contribution in [-0.2, 0) is 16.2 Å². The number of hydrogen-bond donors (Lipinski definition) is 1. The summed E-state index contributed by atoms with van der Waals surface area (Å²) in [7, 11) is -3.27. The van der Waals surface area contributed by atoms with Gasteiger partial charge in [0.15, 0.2) is 11.6 Å². The van der Waals surface area contributed by atoms with Crippen LogP contribution in [0.2, 0.25) is 5.02 Å². The Morgan fingerprint density at radius 2 is 1.79 bits per heavy atom. The molecule has 0 amide bonds. The highest BCUT2D eigenvalue weighted by molar-refractivity contribution is 7.92. The highest BCUT2D eigenvalue weighted by Crippen LogP contribution is 2.37. The van der Waals surface area contributed by atoms with E-state index in [1.807, 2.05) is 4.72 Å². The van der Waals surface area contributed by atoms with E-state index in [1.165, 1.54) is 0 Å². The van der Waals surface area contributed by atoms with E-state index in [4.69, 9.17) is 11.6 Å². The van der Waals surface area contributed by atoms with Crippen molar-refractivity contribution in [2.75, 3.05) is 11.8 Å². The van der Waals surface area contributed by atoms with Gasteiger partial charge in [-0.2, -0.15) is 13.2 Å². The molecule has 0 atom stereocenters. The molecule has 0 aromatic heterocycles. The van der Waals surface area contributed by atoms with Crippen LogP contribution in [0, 0.1) is 5.82 Å². The fraction of sp³-hybridized carbons (Fsp3) is 0.143. The van der Waals surface area contributed by atoms with Crippen LogP contribution < -0.4 is 9.46 Å². The molecule has 0 saturated carbocycles. The summed E-state index contributed by atoms with van der Waals surface area (Å²) in [4.78, 5) is -0.455. The van der Waals surface area contributed by atoms with Crippen molar-refractivity contribution in [2.24, 2.45) is 0 Å². The fourth-order valence-corrected chi connectivity index (χ4v) is 3.12. The van der Waals surface area contributed by atoms with Gasteiger partial charge in [-0.15, -0.1) is 0 Å². The first-order chi connectivity index (χ1) is 11.0. The lowest BCUT2D eigenvalue weighted by Gasteiger charge is -2.15. The average Bonchev–Trinajstić information content (AvgIpc) is 2.48. The van der Waals surface area contributed by atoms with Crippen LogP contribution >= 0.6 is 11.6 Å². The molecule has 0 saturated heterocycles. The maximum atomic E-state index is 13.3. The summed E-state index contributed by atoms with van der Waals surface area (Å²) in [6.07, 6.45) is -4.82. The van der Waals surface area contributed by atoms with Gasteiger partial charge in [-0.05, 0) is 30.3 Å². The van der Waals surface area contributed by atoms with Crippen molar-refractivity contribution in [3.63, 3.8) is 0 Å². The van der Waals surface area contributed by atoms with E-state index in [-0.39, 0.29) is 10.8 Å². The Morgan fingerprint density at radius 1 is 1.12 bits per heavy atom. The maximum absolute atomic E-state index is 13.3. The summed E-state index contributed by atoms with van der Waals surface area (Å²) in [5, 5.41) is -0.200. The molecule has 130 valence electrons. The Morgan fingerprint density at radius 3 is 2.38 bits per heavy atom. The van der Waals surface area contributed by atoms with E-state index in [2.05, 4.69) is 4.74 Å². The minimum Gasteiger partial charge on any atom is -0.494 e. The zero-order valence-corrected chi connectivity index (χ0v) is 13.6. The number of anilines is 1. The third kappa shape index (κ3) is 3.90. The van der Waals surface area contributed by atoms with Gasteiger partial charge in [0, 0.05) is 11.1 Å². The topological polar surface area (TPSA) is 55.4 Å². The molecule has 0 fully saturated rings. The minimum atomic E-state index is -4.82. The van der Waals surface area contributed by atoms with E-state index < -0.39 is 38.2 Å². The quantitative estimate of drug-likeness (QED) is 0.800. The van der Waals surface area contributed by atoms with Crippen LogP contribution in [0.5, 0.6) is 5.75 Å². The van der Waals surface area contributed by atoms with Gasteiger partial charge in [-0.25, -0.2) is 12.8 Å². The Balaban J connectivity index is 2.47. The van der Waals surface area contributed by atoms with Gasteiger partial charge >= 0.3 is 6.18 Å². The largest absolute Gasteiger partial charge is 0.494 e. The van der Waals surface area contributed by atoms with Crippen molar-refractivity contribution >= 4 is 27.3 Å². The molecule has 0 spiro atoms. The molecular weight excluding hydrogens is 374 g/mol. The van der Waals surface area contributed by atoms with E-state index in [1.54, 1.807) is 0 Å². The molecule has 0 aliphatic carbocycles. The minimum absolute atomic E-state index is 0.200. The number of alkyl halides is 3. The lowest BCUT2D eigenvalue weighted by Crippen LogP contribution is -2.17. The van der Waals surface area contributed by atoms with Crippen LogP contribution in [0.1, 0.15) is 5.56 Å². The van der Waals surface area contributed by atoms with Gasteiger partial charge in [0.25, 0.3) is 10.0 Å². The van der Waals surface area contributed by atoms with E-state index in [0.717, 1.165) is 37.4 Å². The van der Waals surface area contributed by atoms with Gasteiger partial charge < -0.3 is 4.74 Å². The smallest absolute Gasteiger partial charge is 0.418 e. The summed E-state index contributed by atoms with van der Waals surface area (Å²) in [6.45, 7) is 0. The third-order valence-electron chi connectivity index (χ3n) is 2.96. The number of hydrogen-bond acceptors (Lipinski definition) is 3. The highest BCUT2D eigenvalue weighted by atomic mass is 35.5. The van der Waals surface area contributed by atoms with Crippen LogP contribution in [0.3, 0.4) is 0 Å². The Hall–Kier alpha value is -2.00. The zero-order chi connectivity index (χ0) is 18.1. The van der Waals surface area contributed by atoms with Gasteiger partial charge in [-0.3, -0.25) is 4.72 Å². The zero-order valence-electron chi connectivity index (χ0n) is 12.0. The summed E-state index contributed by atoms with van der Waals surface area (Å²) in [5.74, 6) is -1.16. The van der Waals surface area contributed by atoms with E-state index in [9.17, 15) is 26.0 Å². The van der Waals surface area contributed by atoms with E-state index >= 15 is 0 Å². The number of nitrogens with one attached hydrogen (secondary N) is 1. The predicted octanol–water partition coefficient (Wildman–Crippen LogP) is 4.31. The molecule has 2 aromatic carbocycles. The van der Waals surface area contributed by atoms with Crippen molar-refractivity contribution in [1.29, 1.82) is 0 Å². The van der Waals surface area contributed by atoms with E-state index in [0.29, 0.717) is 6.07 Å². The van der Waals surface area contributed by atoms with Gasteiger partial charge in [0.05, 0.1) is 23.3 Å². The SMILES string of the molecule is COc1cc(S(=O)(=O)Nc2ccc(Cl)cc2C(F)(F)F)ccc1F. The fourth-order valence-electron chi connectivity index (χ4n) is 1.85. The first-order valence-electron chi connectivity index (χ1n) is 6.27. The molecule has 0 radical (unpaired) electrons. The van der Waals surface area contributed by atoms with Crippen LogP contribution in [0.15, 0.2) is 41.3 Å². The molecule has 0 heterocycles. The van der Waals surface area contributed by atoms with Crippen LogP contribution in [0.4, 0.5) is 23.2 Å². The normalized spacial score (nSPS) is 12.1. The molecule has 2 aromatic rings. The van der Waals surface area contributed by atoms with Crippen LogP contribution in [-0.4, -0.2) is 15.5 Å². The molecule has 24 heavy (non-hydrogen) atoms. The molecule has 2 rings (SSSR count). The Kier molecular flexibility index (Phi) is 4.95. The second kappa shape index (κ2) is 6.48. The van der Waals surface area contributed by atoms with Crippen molar-refractivity contribution in [2.45, 2.75) is 11.1 Å². The van der Waals surface area contributed by atoms with Crippen LogP contribution in [0.25, 0.3) is 0 Å². The van der Waals surface area contributed by atoms with Crippen molar-refractivity contribution < 1.29 is 30.7 Å². The first kappa shape index (κ1) is 18.3. The summed E-state index contributed by atoms with van der Waals surface area (Å²) in [6, 6.07) is 5.21. The van der Waals surface area contributed by atoms with Gasteiger partial charge in [0.2, 0.25) is 0 Å². The third-order valence-corrected chi connectivity index (χ3v) is 4.56. The van der Waals surface area contributed by atoms with Gasteiger partial charge in [-0.1, -0.05) is 11.6 Å². The monoisotopic (exact) mass is 383 g/mol. The van der Waals surface area contributed by atoms with Crippen molar-refractivity contribution in [1.82, 2.24) is 0 Å². The Labute approximate surface area is 140 Å². The molecule has 10 heteroatoms.